The van der Waals surface area contributed by atoms with Gasteiger partial charge in [0.2, 0.25) is 0 Å². The number of ketones is 1. The van der Waals surface area contributed by atoms with Crippen molar-refractivity contribution in [1.29, 1.82) is 5.26 Å². The van der Waals surface area contributed by atoms with Crippen molar-refractivity contribution in [1.82, 2.24) is 0 Å². The molecule has 1 aromatic rings. The average molecular weight is 386 g/mol. The molecule has 144 valence electrons. The third-order valence-corrected chi connectivity index (χ3v) is 4.28. The number of esters is 1. The number of aliphatic carboxylic acids is 1. The van der Waals surface area contributed by atoms with Gasteiger partial charge in [0.05, 0.1) is 17.2 Å². The Balaban J connectivity index is 2.35. The number of halogens is 3. The van der Waals surface area contributed by atoms with Crippen LogP contribution in [0.15, 0.2) is 18.2 Å². The molecule has 0 aliphatic heterocycles. The highest BCUT2D eigenvalue weighted by Gasteiger charge is 2.49. The van der Waals surface area contributed by atoms with Gasteiger partial charge in [0.1, 0.15) is 11.6 Å². The van der Waals surface area contributed by atoms with Crippen molar-refractivity contribution >= 4 is 17.7 Å². The van der Waals surface area contributed by atoms with Gasteiger partial charge in [0.25, 0.3) is 0 Å². The lowest BCUT2D eigenvalue weighted by Gasteiger charge is -2.38. The predicted molar refractivity (Wildman–Crippen MR) is 79.8 cm³/mol. The fourth-order valence-electron chi connectivity index (χ4n) is 2.84. The van der Waals surface area contributed by atoms with Crippen LogP contribution in [0.2, 0.25) is 0 Å². The summed E-state index contributed by atoms with van der Waals surface area (Å²) in [5.41, 5.74) is 1.99. The van der Waals surface area contributed by atoms with Gasteiger partial charge in [-0.15, -0.1) is 0 Å². The Morgan fingerprint density at radius 1 is 1.37 bits per heavy atom. The van der Waals surface area contributed by atoms with Gasteiger partial charge in [0.15, 0.2) is 11.9 Å². The van der Waals surface area contributed by atoms with Gasteiger partial charge < -0.3 is 20.7 Å². The molecule has 0 saturated heterocycles. The summed E-state index contributed by atoms with van der Waals surface area (Å²) < 4.78 is 43.2. The van der Waals surface area contributed by atoms with Gasteiger partial charge in [-0.05, 0) is 30.5 Å². The number of carbonyl (C=O) groups is 3. The number of benzene rings is 1. The molecule has 0 heterocycles. The lowest BCUT2D eigenvalue weighted by Crippen LogP contribution is -2.58. The summed E-state index contributed by atoms with van der Waals surface area (Å²) in [7, 11) is 0. The number of carboxylic acids is 1. The molecule has 0 aromatic heterocycles. The molecule has 0 amide bonds. The fraction of sp³-hybridized carbons (Fsp3) is 0.375. The van der Waals surface area contributed by atoms with Crippen molar-refractivity contribution in [2.75, 3.05) is 0 Å². The molecule has 1 saturated carbocycles. The summed E-state index contributed by atoms with van der Waals surface area (Å²) >= 11 is 0. The number of rotatable bonds is 2. The number of Topliss-reactive ketones (excluding diaryl/α,β-unsaturated/α-hetero) is 1. The highest BCUT2D eigenvalue weighted by atomic mass is 19.4. The minimum absolute atomic E-state index is 0.126. The van der Waals surface area contributed by atoms with Crippen molar-refractivity contribution in [3.8, 4) is 6.07 Å². The number of aliphatic hydroxyl groups is 1. The van der Waals surface area contributed by atoms with Gasteiger partial charge in [0, 0.05) is 0 Å². The van der Waals surface area contributed by atoms with E-state index < -0.39 is 52.8 Å². The van der Waals surface area contributed by atoms with Crippen LogP contribution >= 0.6 is 0 Å². The van der Waals surface area contributed by atoms with Crippen LogP contribution in [0.5, 0.6) is 0 Å². The number of ether oxygens (including phenoxy) is 1. The van der Waals surface area contributed by atoms with E-state index in [9.17, 15) is 32.7 Å². The lowest BCUT2D eigenvalue weighted by atomic mass is 9.73. The molecule has 2 rings (SSSR count). The number of nitriles is 1. The van der Waals surface area contributed by atoms with Crippen LogP contribution in [-0.2, 0) is 30.8 Å². The van der Waals surface area contributed by atoms with Crippen molar-refractivity contribution in [2.24, 2.45) is 5.73 Å². The Morgan fingerprint density at radius 2 is 2.00 bits per heavy atom. The van der Waals surface area contributed by atoms with Gasteiger partial charge in [-0.3, -0.25) is 4.79 Å². The smallest absolute Gasteiger partial charge is 0.417 e. The first kappa shape index (κ1) is 20.3. The molecule has 0 spiro atoms. The van der Waals surface area contributed by atoms with Gasteiger partial charge in [-0.2, -0.15) is 18.4 Å². The summed E-state index contributed by atoms with van der Waals surface area (Å²) in [6, 6.07) is 3.74. The van der Waals surface area contributed by atoms with E-state index in [2.05, 4.69) is 4.74 Å². The molecular formula is C16H13F3N2O6. The zero-order valence-corrected chi connectivity index (χ0v) is 13.5. The van der Waals surface area contributed by atoms with Crippen LogP contribution < -0.4 is 5.73 Å². The highest BCUT2D eigenvalue weighted by molar-refractivity contribution is 6.28. The molecule has 3 atom stereocenters. The number of nitrogens with two attached hydrogens (primary N) is 1. The summed E-state index contributed by atoms with van der Waals surface area (Å²) in [6.45, 7) is 0. The molecule has 1 aliphatic rings. The SMILES string of the molecule is N#Cc1cc(C2(N)CCC(OC(=O)C(=O)O)C(O)C2=O)ccc1C(F)(F)F. The molecular weight excluding hydrogens is 373 g/mol. The number of alkyl halides is 3. The van der Waals surface area contributed by atoms with E-state index in [1.165, 1.54) is 6.07 Å². The average Bonchev–Trinajstić information content (AvgIpc) is 2.60. The van der Waals surface area contributed by atoms with E-state index in [4.69, 9.17) is 16.1 Å². The maximum absolute atomic E-state index is 12.9. The zero-order valence-electron chi connectivity index (χ0n) is 13.5. The number of nitrogens with zero attached hydrogens (tertiary/aromatic N) is 1. The summed E-state index contributed by atoms with van der Waals surface area (Å²) in [6.07, 6.45) is -8.68. The Hall–Kier alpha value is -2.97. The summed E-state index contributed by atoms with van der Waals surface area (Å²) in [5, 5.41) is 27.5. The molecule has 1 aromatic carbocycles. The van der Waals surface area contributed by atoms with Crippen LogP contribution in [0, 0.1) is 11.3 Å². The number of aliphatic hydroxyl groups excluding tert-OH is 1. The van der Waals surface area contributed by atoms with E-state index in [-0.39, 0.29) is 18.4 Å². The predicted octanol–water partition coefficient (Wildman–Crippen LogP) is 0.451. The summed E-state index contributed by atoms with van der Waals surface area (Å²) in [4.78, 5) is 34.1. The monoisotopic (exact) mass is 386 g/mol. The topological polar surface area (TPSA) is 151 Å². The molecule has 27 heavy (non-hydrogen) atoms. The number of hydrogen-bond donors (Lipinski definition) is 3. The van der Waals surface area contributed by atoms with Gasteiger partial charge in [-0.25, -0.2) is 9.59 Å². The third kappa shape index (κ3) is 3.76. The summed E-state index contributed by atoms with van der Waals surface area (Å²) in [5.74, 6) is -4.65. The van der Waals surface area contributed by atoms with E-state index >= 15 is 0 Å². The van der Waals surface area contributed by atoms with Crippen molar-refractivity contribution in [2.45, 2.75) is 36.8 Å². The largest absolute Gasteiger partial charge is 0.473 e. The second-order valence-corrected chi connectivity index (χ2v) is 5.94. The highest BCUT2D eigenvalue weighted by Crippen LogP contribution is 2.37. The number of carboxylic acid groups (broad SMARTS) is 1. The van der Waals surface area contributed by atoms with E-state index in [1.807, 2.05) is 0 Å². The first-order chi connectivity index (χ1) is 12.4. The van der Waals surface area contributed by atoms with Gasteiger partial charge in [-0.1, -0.05) is 6.07 Å². The molecule has 8 nitrogen and oxygen atoms in total. The molecule has 3 unspecified atom stereocenters. The third-order valence-electron chi connectivity index (χ3n) is 4.28. The van der Waals surface area contributed by atoms with Crippen molar-refractivity contribution in [3.05, 3.63) is 34.9 Å². The Kier molecular flexibility index (Phi) is 5.26. The van der Waals surface area contributed by atoms with Crippen LogP contribution in [0.25, 0.3) is 0 Å². The van der Waals surface area contributed by atoms with Crippen LogP contribution in [0.3, 0.4) is 0 Å². The van der Waals surface area contributed by atoms with Crippen molar-refractivity contribution in [3.63, 3.8) is 0 Å². The fourth-order valence-corrected chi connectivity index (χ4v) is 2.84. The number of hydrogen-bond acceptors (Lipinski definition) is 7. The van der Waals surface area contributed by atoms with E-state index in [0.717, 1.165) is 12.1 Å². The molecule has 1 fully saturated rings. The first-order valence-corrected chi connectivity index (χ1v) is 7.49. The van der Waals surface area contributed by atoms with Crippen LogP contribution in [0.4, 0.5) is 13.2 Å². The first-order valence-electron chi connectivity index (χ1n) is 7.49. The van der Waals surface area contributed by atoms with Crippen LogP contribution in [0.1, 0.15) is 29.5 Å². The Morgan fingerprint density at radius 3 is 2.52 bits per heavy atom. The Labute approximate surface area is 149 Å². The minimum Gasteiger partial charge on any atom is -0.473 e. The van der Waals surface area contributed by atoms with E-state index in [1.54, 1.807) is 0 Å². The molecule has 0 bridgehead atoms. The normalized spacial score (nSPS) is 25.6. The molecule has 11 heteroatoms. The number of carbonyl (C=O) groups excluding carboxylic acids is 2. The van der Waals surface area contributed by atoms with E-state index in [0.29, 0.717) is 6.07 Å². The second-order valence-electron chi connectivity index (χ2n) is 5.94. The Bertz CT molecular complexity index is 848. The van der Waals surface area contributed by atoms with Gasteiger partial charge >= 0.3 is 18.1 Å². The lowest BCUT2D eigenvalue weighted by molar-refractivity contribution is -0.175. The quantitative estimate of drug-likeness (QED) is 0.490. The maximum Gasteiger partial charge on any atom is 0.417 e. The maximum atomic E-state index is 12.9. The van der Waals surface area contributed by atoms with Crippen molar-refractivity contribution < 1.29 is 42.5 Å². The van der Waals surface area contributed by atoms with Crippen LogP contribution in [-0.4, -0.2) is 40.1 Å². The second kappa shape index (κ2) is 6.98. The standard InChI is InChI=1S/C16H13F3N2O6/c17-16(18,19)9-2-1-8(5-7(9)6-20)15(21)4-3-10(11(22)12(15)23)27-14(26)13(24)25/h1-2,5,10-11,22H,3-4,21H2,(H,24,25). The molecule has 0 radical (unpaired) electrons. The minimum atomic E-state index is -4.78. The zero-order chi connectivity index (χ0) is 20.6. The molecule has 4 N–H and O–H groups in total. The molecule has 1 aliphatic carbocycles.